The number of fused-ring (bicyclic) bond motifs is 1. The van der Waals surface area contributed by atoms with Crippen molar-refractivity contribution in [2.24, 2.45) is 0 Å². The number of imidazole rings is 1. The third-order valence-electron chi connectivity index (χ3n) is 3.79. The highest BCUT2D eigenvalue weighted by molar-refractivity contribution is 7.17. The minimum absolute atomic E-state index is 0.829. The zero-order valence-corrected chi connectivity index (χ0v) is 14.4. The Morgan fingerprint density at radius 3 is 2.82 bits per heavy atom. The Hall–Kier alpha value is -1.85. The lowest BCUT2D eigenvalue weighted by molar-refractivity contribution is 0.672. The molecule has 1 aromatic carbocycles. The number of aryl methyl sites for hydroxylation is 2. The Bertz CT molecular complexity index is 785. The Morgan fingerprint density at radius 1 is 1.23 bits per heavy atom. The molecule has 0 saturated heterocycles. The molecule has 0 spiro atoms. The number of aromatic nitrogens is 2. The first-order valence-corrected chi connectivity index (χ1v) is 8.27. The lowest BCUT2D eigenvalue weighted by Crippen LogP contribution is -2.15. The molecule has 0 bridgehead atoms. The molecule has 22 heavy (non-hydrogen) atoms. The van der Waals surface area contributed by atoms with Crippen LogP contribution in [0.15, 0.2) is 30.5 Å². The zero-order chi connectivity index (χ0) is 15.7. The third kappa shape index (κ3) is 3.00. The van der Waals surface area contributed by atoms with Crippen LogP contribution in [0.3, 0.4) is 0 Å². The average Bonchev–Trinajstić information content (AvgIpc) is 2.96. The predicted octanol–water partition coefficient (Wildman–Crippen LogP) is 3.37. The fourth-order valence-electron chi connectivity index (χ4n) is 2.59. The maximum Gasteiger partial charge on any atom is 0.194 e. The van der Waals surface area contributed by atoms with Gasteiger partial charge in [0, 0.05) is 43.9 Å². The van der Waals surface area contributed by atoms with Gasteiger partial charge in [-0.25, -0.2) is 4.98 Å². The standard InChI is InChI=1S/C17H22N4S/c1-12-11-21-16(13(2)19-17(21)22-12)10-18-9-14-6-5-7-15(8-14)20(3)4/h5-8,11,18H,9-10H2,1-4H3. The molecule has 0 atom stereocenters. The summed E-state index contributed by atoms with van der Waals surface area (Å²) in [5, 5.41) is 3.54. The number of anilines is 1. The van der Waals surface area contributed by atoms with Crippen LogP contribution in [0.4, 0.5) is 5.69 Å². The summed E-state index contributed by atoms with van der Waals surface area (Å²) < 4.78 is 2.21. The molecule has 0 unspecified atom stereocenters. The summed E-state index contributed by atoms with van der Waals surface area (Å²) in [6.07, 6.45) is 2.17. The van der Waals surface area contributed by atoms with Crippen molar-refractivity contribution in [2.75, 3.05) is 19.0 Å². The fourth-order valence-corrected chi connectivity index (χ4v) is 3.48. The van der Waals surface area contributed by atoms with Crippen LogP contribution < -0.4 is 10.2 Å². The van der Waals surface area contributed by atoms with Gasteiger partial charge in [0.15, 0.2) is 4.96 Å². The van der Waals surface area contributed by atoms with Crippen molar-refractivity contribution in [1.82, 2.24) is 14.7 Å². The second-order valence-corrected chi connectivity index (χ2v) is 7.02. The molecule has 0 radical (unpaired) electrons. The minimum atomic E-state index is 0.829. The van der Waals surface area contributed by atoms with E-state index >= 15 is 0 Å². The molecule has 0 fully saturated rings. The summed E-state index contributed by atoms with van der Waals surface area (Å²) in [6, 6.07) is 8.62. The van der Waals surface area contributed by atoms with Gasteiger partial charge in [-0.15, -0.1) is 11.3 Å². The van der Waals surface area contributed by atoms with E-state index in [1.165, 1.54) is 21.8 Å². The highest BCUT2D eigenvalue weighted by Gasteiger charge is 2.10. The molecule has 3 rings (SSSR count). The van der Waals surface area contributed by atoms with Crippen molar-refractivity contribution in [1.29, 1.82) is 0 Å². The largest absolute Gasteiger partial charge is 0.378 e. The van der Waals surface area contributed by atoms with Gasteiger partial charge in [0.1, 0.15) is 0 Å². The monoisotopic (exact) mass is 314 g/mol. The van der Waals surface area contributed by atoms with Crippen molar-refractivity contribution >= 4 is 22.0 Å². The van der Waals surface area contributed by atoms with Gasteiger partial charge < -0.3 is 10.2 Å². The highest BCUT2D eigenvalue weighted by atomic mass is 32.1. The summed E-state index contributed by atoms with van der Waals surface area (Å²) in [5.41, 5.74) is 4.89. The van der Waals surface area contributed by atoms with E-state index in [1.807, 2.05) is 0 Å². The smallest absolute Gasteiger partial charge is 0.194 e. The molecule has 2 heterocycles. The number of nitrogens with zero attached hydrogens (tertiary/aromatic N) is 3. The lowest BCUT2D eigenvalue weighted by atomic mass is 10.2. The average molecular weight is 314 g/mol. The molecule has 0 saturated carbocycles. The normalized spacial score (nSPS) is 11.3. The van der Waals surface area contributed by atoms with Crippen LogP contribution in [0.2, 0.25) is 0 Å². The Morgan fingerprint density at radius 2 is 2.05 bits per heavy atom. The molecule has 0 aliphatic heterocycles. The molecular weight excluding hydrogens is 292 g/mol. The van der Waals surface area contributed by atoms with Crippen molar-refractivity contribution in [3.8, 4) is 0 Å². The number of thiazole rings is 1. The second-order valence-electron chi connectivity index (χ2n) is 5.81. The van der Waals surface area contributed by atoms with Gasteiger partial charge in [-0.1, -0.05) is 12.1 Å². The van der Waals surface area contributed by atoms with Crippen LogP contribution in [0.25, 0.3) is 4.96 Å². The molecule has 5 heteroatoms. The molecule has 3 aromatic rings. The summed E-state index contributed by atoms with van der Waals surface area (Å²) in [5.74, 6) is 0. The van der Waals surface area contributed by atoms with Gasteiger partial charge in [0.05, 0.1) is 11.4 Å². The lowest BCUT2D eigenvalue weighted by Gasteiger charge is -2.14. The highest BCUT2D eigenvalue weighted by Crippen LogP contribution is 2.20. The van der Waals surface area contributed by atoms with Crippen LogP contribution in [-0.2, 0) is 13.1 Å². The second kappa shape index (κ2) is 6.10. The first-order valence-electron chi connectivity index (χ1n) is 7.45. The van der Waals surface area contributed by atoms with Crippen molar-refractivity contribution in [2.45, 2.75) is 26.9 Å². The molecule has 2 aromatic heterocycles. The summed E-state index contributed by atoms with van der Waals surface area (Å²) >= 11 is 1.74. The predicted molar refractivity (Wildman–Crippen MR) is 93.9 cm³/mol. The van der Waals surface area contributed by atoms with Gasteiger partial charge in [-0.2, -0.15) is 0 Å². The molecule has 4 nitrogen and oxygen atoms in total. The maximum absolute atomic E-state index is 4.63. The van der Waals surface area contributed by atoms with E-state index < -0.39 is 0 Å². The number of hydrogen-bond donors (Lipinski definition) is 1. The number of rotatable bonds is 5. The van der Waals surface area contributed by atoms with E-state index in [-0.39, 0.29) is 0 Å². The van der Waals surface area contributed by atoms with E-state index in [4.69, 9.17) is 0 Å². The van der Waals surface area contributed by atoms with E-state index in [1.54, 1.807) is 11.3 Å². The van der Waals surface area contributed by atoms with Crippen molar-refractivity contribution in [3.05, 3.63) is 52.3 Å². The van der Waals surface area contributed by atoms with Gasteiger partial charge >= 0.3 is 0 Å². The van der Waals surface area contributed by atoms with Crippen molar-refractivity contribution in [3.63, 3.8) is 0 Å². The van der Waals surface area contributed by atoms with Gasteiger partial charge in [-0.05, 0) is 31.5 Å². The summed E-state index contributed by atoms with van der Waals surface area (Å²) in [7, 11) is 4.13. The van der Waals surface area contributed by atoms with E-state index in [0.717, 1.165) is 23.7 Å². The number of nitrogens with one attached hydrogen (secondary N) is 1. The fraction of sp³-hybridized carbons (Fsp3) is 0.353. The number of benzene rings is 1. The van der Waals surface area contributed by atoms with Gasteiger partial charge in [0.2, 0.25) is 0 Å². The van der Waals surface area contributed by atoms with E-state index in [2.05, 4.69) is 78.0 Å². The topological polar surface area (TPSA) is 32.6 Å². The summed E-state index contributed by atoms with van der Waals surface area (Å²) in [4.78, 5) is 9.14. The first kappa shape index (κ1) is 15.1. The first-order chi connectivity index (χ1) is 10.5. The maximum atomic E-state index is 4.63. The van der Waals surface area contributed by atoms with Crippen LogP contribution in [0.1, 0.15) is 21.8 Å². The van der Waals surface area contributed by atoms with Gasteiger partial charge in [-0.3, -0.25) is 4.40 Å². The molecule has 116 valence electrons. The Balaban J connectivity index is 1.69. The minimum Gasteiger partial charge on any atom is -0.378 e. The molecule has 0 aliphatic rings. The Labute approximate surface area is 135 Å². The van der Waals surface area contributed by atoms with Crippen LogP contribution in [-0.4, -0.2) is 23.5 Å². The molecule has 1 N–H and O–H groups in total. The van der Waals surface area contributed by atoms with E-state index in [9.17, 15) is 0 Å². The quantitative estimate of drug-likeness (QED) is 0.784. The van der Waals surface area contributed by atoms with Crippen LogP contribution >= 0.6 is 11.3 Å². The Kier molecular flexibility index (Phi) is 4.18. The van der Waals surface area contributed by atoms with E-state index in [0.29, 0.717) is 0 Å². The molecular formula is C17H22N4S. The SMILES string of the molecule is Cc1cn2c(CNCc3cccc(N(C)C)c3)c(C)nc2s1. The number of hydrogen-bond acceptors (Lipinski definition) is 4. The van der Waals surface area contributed by atoms with Gasteiger partial charge in [0.25, 0.3) is 0 Å². The molecule has 0 amide bonds. The van der Waals surface area contributed by atoms with Crippen LogP contribution in [0.5, 0.6) is 0 Å². The zero-order valence-electron chi connectivity index (χ0n) is 13.6. The third-order valence-corrected chi connectivity index (χ3v) is 4.69. The van der Waals surface area contributed by atoms with Crippen molar-refractivity contribution < 1.29 is 0 Å². The molecule has 0 aliphatic carbocycles. The van der Waals surface area contributed by atoms with Crippen LogP contribution in [0, 0.1) is 13.8 Å². The summed E-state index contributed by atoms with van der Waals surface area (Å²) in [6.45, 7) is 5.89.